The predicted octanol–water partition coefficient (Wildman–Crippen LogP) is 12.4. The van der Waals surface area contributed by atoms with Crippen LogP contribution >= 0.6 is 0 Å². The van der Waals surface area contributed by atoms with Gasteiger partial charge in [0, 0.05) is 5.69 Å². The van der Waals surface area contributed by atoms with E-state index in [-0.39, 0.29) is 5.43 Å². The van der Waals surface area contributed by atoms with Gasteiger partial charge in [-0.2, -0.15) is 0 Å². The lowest BCUT2D eigenvalue weighted by molar-refractivity contribution is 0.659. The zero-order valence-corrected chi connectivity index (χ0v) is 28.7. The van der Waals surface area contributed by atoms with Gasteiger partial charge in [-0.1, -0.05) is 133 Å². The summed E-state index contributed by atoms with van der Waals surface area (Å²) in [5.74, 6) is 0. The van der Waals surface area contributed by atoms with Crippen LogP contribution in [-0.2, 0) is 5.41 Å². The second-order valence-corrected chi connectivity index (χ2v) is 14.0. The molecule has 3 nitrogen and oxygen atoms in total. The molecule has 0 bridgehead atoms. The summed E-state index contributed by atoms with van der Waals surface area (Å²) in [6.07, 6.45) is 0. The van der Waals surface area contributed by atoms with Crippen LogP contribution in [0.1, 0.15) is 22.3 Å². The monoisotopic (exact) mass is 677 g/mol. The standard InChI is InChI=1S/C50H31NO2/c52-49-38-20-8-14-26-47(38)53-48-31-39-37-19-7-9-21-41(37)50(44(39)30-40(48)49)42-22-10-12-24-45(42)51(46-25-13-11-23-43(46)50)36-28-34(32-15-3-1-4-16-32)27-35(29-36)33-17-5-2-6-18-33/h1-31H. The molecule has 0 fully saturated rings. The molecule has 248 valence electrons. The quantitative estimate of drug-likeness (QED) is 0.175. The number of para-hydroxylation sites is 3. The largest absolute Gasteiger partial charge is 0.456 e. The molecule has 0 amide bonds. The minimum atomic E-state index is -0.679. The lowest BCUT2D eigenvalue weighted by Gasteiger charge is -2.45. The van der Waals surface area contributed by atoms with Gasteiger partial charge >= 0.3 is 0 Å². The van der Waals surface area contributed by atoms with Crippen molar-refractivity contribution in [3.63, 3.8) is 0 Å². The fourth-order valence-corrected chi connectivity index (χ4v) is 9.01. The smallest absolute Gasteiger partial charge is 0.200 e. The average Bonchev–Trinajstić information content (AvgIpc) is 3.50. The van der Waals surface area contributed by atoms with E-state index in [2.05, 4.69) is 169 Å². The lowest BCUT2D eigenvalue weighted by Crippen LogP contribution is -2.36. The second-order valence-electron chi connectivity index (χ2n) is 14.0. The summed E-state index contributed by atoms with van der Waals surface area (Å²) in [5.41, 5.74) is 15.3. The van der Waals surface area contributed by atoms with Gasteiger partial charge in [0.1, 0.15) is 11.2 Å². The molecule has 2 heterocycles. The molecule has 3 heteroatoms. The first-order valence-electron chi connectivity index (χ1n) is 18.1. The Kier molecular flexibility index (Phi) is 6.32. The van der Waals surface area contributed by atoms with Gasteiger partial charge in [0.2, 0.25) is 5.43 Å². The summed E-state index contributed by atoms with van der Waals surface area (Å²) in [6, 6.07) is 66.2. The zero-order chi connectivity index (χ0) is 35.1. The first-order chi connectivity index (χ1) is 26.2. The van der Waals surface area contributed by atoms with Crippen molar-refractivity contribution in [1.82, 2.24) is 0 Å². The van der Waals surface area contributed by atoms with Gasteiger partial charge in [0.05, 0.1) is 27.6 Å². The van der Waals surface area contributed by atoms with Crippen LogP contribution in [0.5, 0.6) is 0 Å². The minimum Gasteiger partial charge on any atom is -0.456 e. The molecule has 1 aromatic heterocycles. The number of anilines is 3. The Labute approximate surface area is 306 Å². The Bertz CT molecular complexity index is 2870. The van der Waals surface area contributed by atoms with Crippen LogP contribution in [0.3, 0.4) is 0 Å². The molecule has 9 aromatic rings. The van der Waals surface area contributed by atoms with Gasteiger partial charge in [-0.15, -0.1) is 0 Å². The third-order valence-electron chi connectivity index (χ3n) is 11.2. The molecule has 0 unspecified atom stereocenters. The highest BCUT2D eigenvalue weighted by atomic mass is 16.3. The molecule has 0 saturated carbocycles. The van der Waals surface area contributed by atoms with Crippen molar-refractivity contribution in [3.8, 4) is 33.4 Å². The molecular formula is C50H31NO2. The number of hydrogen-bond donors (Lipinski definition) is 0. The summed E-state index contributed by atoms with van der Waals surface area (Å²) in [5, 5.41) is 1.18. The molecule has 1 aliphatic heterocycles. The highest BCUT2D eigenvalue weighted by molar-refractivity contribution is 6.01. The van der Waals surface area contributed by atoms with Crippen LogP contribution in [0.4, 0.5) is 17.1 Å². The van der Waals surface area contributed by atoms with Crippen molar-refractivity contribution in [2.45, 2.75) is 5.41 Å². The number of fused-ring (bicyclic) bond motifs is 11. The van der Waals surface area contributed by atoms with E-state index in [0.717, 1.165) is 44.9 Å². The number of nitrogens with zero attached hydrogens (tertiary/aromatic N) is 1. The molecule has 8 aromatic carbocycles. The van der Waals surface area contributed by atoms with E-state index in [1.54, 1.807) is 0 Å². The summed E-state index contributed by atoms with van der Waals surface area (Å²) < 4.78 is 6.44. The molecule has 11 rings (SSSR count). The summed E-state index contributed by atoms with van der Waals surface area (Å²) in [6.45, 7) is 0. The van der Waals surface area contributed by atoms with Crippen molar-refractivity contribution < 1.29 is 4.42 Å². The third-order valence-corrected chi connectivity index (χ3v) is 11.2. The Morgan fingerprint density at radius 1 is 0.396 bits per heavy atom. The van der Waals surface area contributed by atoms with E-state index < -0.39 is 5.41 Å². The van der Waals surface area contributed by atoms with Crippen molar-refractivity contribution in [2.75, 3.05) is 4.90 Å². The molecule has 2 aliphatic rings. The van der Waals surface area contributed by atoms with Crippen molar-refractivity contribution in [1.29, 1.82) is 0 Å². The van der Waals surface area contributed by atoms with Crippen LogP contribution in [-0.4, -0.2) is 0 Å². The van der Waals surface area contributed by atoms with E-state index >= 15 is 0 Å². The van der Waals surface area contributed by atoms with Gasteiger partial charge in [-0.25, -0.2) is 0 Å². The Balaban J connectivity index is 1.23. The van der Waals surface area contributed by atoms with Gasteiger partial charge < -0.3 is 9.32 Å². The normalized spacial score (nSPS) is 13.5. The average molecular weight is 678 g/mol. The van der Waals surface area contributed by atoms with Crippen molar-refractivity contribution >= 4 is 39.0 Å². The van der Waals surface area contributed by atoms with Crippen LogP contribution in [0, 0.1) is 0 Å². The molecule has 53 heavy (non-hydrogen) atoms. The number of rotatable bonds is 3. The van der Waals surface area contributed by atoms with Crippen molar-refractivity contribution in [2.24, 2.45) is 0 Å². The third kappa shape index (κ3) is 4.19. The van der Waals surface area contributed by atoms with Crippen LogP contribution in [0.2, 0.25) is 0 Å². The van der Waals surface area contributed by atoms with Gasteiger partial charge in [-0.3, -0.25) is 4.79 Å². The van der Waals surface area contributed by atoms with Crippen LogP contribution in [0.15, 0.2) is 197 Å². The maximum absolute atomic E-state index is 14.2. The predicted molar refractivity (Wildman–Crippen MR) is 216 cm³/mol. The summed E-state index contributed by atoms with van der Waals surface area (Å²) in [4.78, 5) is 16.6. The highest BCUT2D eigenvalue weighted by Gasteiger charge is 2.52. The first-order valence-corrected chi connectivity index (χ1v) is 18.1. The van der Waals surface area contributed by atoms with E-state index in [4.69, 9.17) is 4.42 Å². The van der Waals surface area contributed by atoms with Gasteiger partial charge in [0.15, 0.2) is 0 Å². The number of benzene rings is 8. The van der Waals surface area contributed by atoms with E-state index in [9.17, 15) is 4.79 Å². The lowest BCUT2D eigenvalue weighted by atomic mass is 9.64. The molecule has 1 spiro atoms. The SMILES string of the molecule is O=c1c2ccccc2oc2cc3c(cc12)C1(c2ccccc2-3)c2ccccc2N(c2cc(-c3ccccc3)cc(-c3ccccc3)c2)c2ccccc21. The van der Waals surface area contributed by atoms with E-state index in [0.29, 0.717) is 21.9 Å². The highest BCUT2D eigenvalue weighted by Crippen LogP contribution is 2.63. The fourth-order valence-electron chi connectivity index (χ4n) is 9.01. The molecule has 0 atom stereocenters. The number of hydrogen-bond acceptors (Lipinski definition) is 3. The summed E-state index contributed by atoms with van der Waals surface area (Å²) in [7, 11) is 0. The Morgan fingerprint density at radius 2 is 0.943 bits per heavy atom. The maximum atomic E-state index is 14.2. The second kappa shape index (κ2) is 11.3. The first kappa shape index (κ1) is 29.7. The zero-order valence-electron chi connectivity index (χ0n) is 28.7. The van der Waals surface area contributed by atoms with Gasteiger partial charge in [-0.05, 0) is 110 Å². The minimum absolute atomic E-state index is 0.0130. The Morgan fingerprint density at radius 3 is 1.60 bits per heavy atom. The van der Waals surface area contributed by atoms with Crippen LogP contribution < -0.4 is 10.3 Å². The fraction of sp³-hybridized carbons (Fsp3) is 0.0200. The topological polar surface area (TPSA) is 33.5 Å². The van der Waals surface area contributed by atoms with Gasteiger partial charge in [0.25, 0.3) is 0 Å². The van der Waals surface area contributed by atoms with Crippen molar-refractivity contribution in [3.05, 3.63) is 221 Å². The Hall–Kier alpha value is -6.97. The van der Waals surface area contributed by atoms with E-state index in [1.165, 1.54) is 27.8 Å². The maximum Gasteiger partial charge on any atom is 0.200 e. The summed E-state index contributed by atoms with van der Waals surface area (Å²) >= 11 is 0. The molecule has 1 aliphatic carbocycles. The molecule has 0 saturated heterocycles. The van der Waals surface area contributed by atoms with E-state index in [1.807, 2.05) is 24.3 Å². The molecule has 0 N–H and O–H groups in total. The molecule has 0 radical (unpaired) electrons. The van der Waals surface area contributed by atoms with Crippen LogP contribution in [0.25, 0.3) is 55.3 Å². The molecular weight excluding hydrogens is 647 g/mol.